The first kappa shape index (κ1) is 113. The van der Waals surface area contributed by atoms with Crippen molar-refractivity contribution in [1.82, 2.24) is 45.9 Å². The maximum absolute atomic E-state index is 13.8. The van der Waals surface area contributed by atoms with Crippen LogP contribution in [0.3, 0.4) is 0 Å². The largest absolute Gasteiger partial charge is 0.480 e. The van der Waals surface area contributed by atoms with Crippen molar-refractivity contribution in [2.45, 2.75) is 450 Å². The Hall–Kier alpha value is -6.41. The Morgan fingerprint density at radius 2 is 0.803 bits per heavy atom. The van der Waals surface area contributed by atoms with Crippen molar-refractivity contribution in [1.29, 1.82) is 0 Å². The van der Waals surface area contributed by atoms with E-state index in [-0.39, 0.29) is 149 Å². The van der Waals surface area contributed by atoms with Crippen molar-refractivity contribution in [3.63, 3.8) is 0 Å². The Bertz CT molecular complexity index is 4500. The second-order valence-electron chi connectivity index (χ2n) is 50.3. The van der Waals surface area contributed by atoms with E-state index in [1.54, 1.807) is 52.7 Å². The number of Topliss-reactive ketones (excluding diaryl/α,β-unsaturated/α-hetero) is 2. The predicted octanol–water partition coefficient (Wildman–Crippen LogP) is 20.8. The first-order valence-electron chi connectivity index (χ1n) is 50.5. The molecule has 137 heavy (non-hydrogen) atoms. The molecule has 9 aliphatic rings. The van der Waals surface area contributed by atoms with E-state index in [4.69, 9.17) is 57.4 Å². The second kappa shape index (κ2) is 42.5. The number of hydrogen-bond acceptors (Lipinski definition) is 24. The van der Waals surface area contributed by atoms with Gasteiger partial charge in [-0.3, -0.25) is 28.9 Å². The molecule has 0 aliphatic carbocycles. The number of unbranched alkanes of at least 4 members (excludes halogenated alkanes) is 1. The van der Waals surface area contributed by atoms with Crippen LogP contribution in [0.25, 0.3) is 0 Å². The average Bonchev–Trinajstić information content (AvgIpc) is 0.721. The number of hydrogen-bond donors (Lipinski definition) is 2. The molecule has 0 radical (unpaired) electrons. The molecule has 9 heterocycles. The molecule has 2 N–H and O–H groups in total. The summed E-state index contributed by atoms with van der Waals surface area (Å²) in [4.78, 5) is 104. The van der Waals surface area contributed by atoms with E-state index >= 15 is 0 Å². The minimum atomic E-state index is -0.615. The van der Waals surface area contributed by atoms with Crippen LogP contribution in [0, 0.1) is 31.1 Å². The third-order valence-corrected chi connectivity index (χ3v) is 30.3. The summed E-state index contributed by atoms with van der Waals surface area (Å²) in [7, 11) is 9.04. The van der Waals surface area contributed by atoms with Gasteiger partial charge in [-0.1, -0.05) is 91.7 Å². The molecular weight excluding hydrogens is 1730 g/mol. The van der Waals surface area contributed by atoms with E-state index in [9.17, 15) is 24.0 Å². The quantitative estimate of drug-likeness (QED) is 0.0376. The first-order valence-corrected chi connectivity index (χ1v) is 50.5. The van der Waals surface area contributed by atoms with Crippen LogP contribution < -0.4 is 20.2 Å². The molecular formula is C111H179N9O17. The van der Waals surface area contributed by atoms with Gasteiger partial charge in [-0.25, -0.2) is 4.79 Å². The fourth-order valence-electron chi connectivity index (χ4n) is 26.3. The molecule has 4 aromatic carbocycles. The van der Waals surface area contributed by atoms with Crippen LogP contribution in [0.15, 0.2) is 103 Å². The number of ketones is 2. The zero-order valence-corrected chi connectivity index (χ0v) is 91.1. The molecule has 1 atom stereocenters. The van der Waals surface area contributed by atoms with Gasteiger partial charge in [0, 0.05) is 134 Å². The Kier molecular flexibility index (Phi) is 34.9. The van der Waals surface area contributed by atoms with E-state index in [2.05, 4.69) is 269 Å². The number of rotatable bonds is 24. The minimum absolute atomic E-state index is 0.00470. The van der Waals surface area contributed by atoms with Gasteiger partial charge in [0.25, 0.3) is 5.91 Å². The molecule has 9 fully saturated rings. The maximum atomic E-state index is 13.8. The lowest BCUT2D eigenvalue weighted by atomic mass is 9.72. The molecule has 13 rings (SSSR count). The maximum Gasteiger partial charge on any atom is 0.338 e. The highest BCUT2D eigenvalue weighted by atomic mass is 16.7. The predicted molar refractivity (Wildman–Crippen MR) is 539 cm³/mol. The second-order valence-corrected chi connectivity index (χ2v) is 50.3. The Morgan fingerprint density at radius 1 is 0.423 bits per heavy atom. The van der Waals surface area contributed by atoms with Crippen LogP contribution in [0.4, 0.5) is 0 Å². The normalized spacial score (nSPS) is 25.5. The Balaban J connectivity index is 0.000000193. The van der Waals surface area contributed by atoms with Crippen LogP contribution in [-0.2, 0) is 68.9 Å². The van der Waals surface area contributed by atoms with Crippen molar-refractivity contribution >= 4 is 29.4 Å². The van der Waals surface area contributed by atoms with Gasteiger partial charge in [-0.15, -0.1) is 5.06 Å². The number of para-hydroxylation sites is 1. The standard InChI is InChI=1S/C39H50N2O5.C25H46N2O6.C24H40N2O3.C23H43N3O3/c1-36(2)23-31(24-37(3,4)41(36)46-32-17-13-10-14-18-32)34(42)29-19-21-30(22-20-29)35(43)45-33-25-38(5,6)40(39(7,8)26-33)44-27-28-15-11-9-12-16-28;1-19(2)11-24(12-20(3,4)26(19)28-9)30-15-23(16-31-24)17-32-25(33-18-23)13-21(5,6)27(29-10)22(7,8)14-25;1-9-10-11-21(29-20-13-12-17(2)14-18(20)3)22(27)25-19-15-23(4,5)26(28-8)24(6,7)16-19;1-20(2)14-17(15-21(3,4)25(20)9)24-19(28)11-18(27)16-12-22(5,6)26(29-10)23(7,8)13-16/h9-22,31,33H,23-27H2,1-8H3;11-18H2,1-10H3;12-14,19,21H,9-11,15-16H2,1-8H3,(H,25,27);16-17H,11-15H2,1-10H3,(H,24,28). The number of carbonyl (C=O) groups is 5. The van der Waals surface area contributed by atoms with Gasteiger partial charge < -0.3 is 63.2 Å². The zero-order valence-electron chi connectivity index (χ0n) is 91.1. The summed E-state index contributed by atoms with van der Waals surface area (Å²) in [6, 6.07) is 33.1. The Labute approximate surface area is 824 Å². The van der Waals surface area contributed by atoms with Crippen LogP contribution in [0.5, 0.6) is 11.5 Å². The van der Waals surface area contributed by atoms with Gasteiger partial charge >= 0.3 is 5.97 Å². The number of hydroxylamine groups is 12. The molecule has 0 bridgehead atoms. The molecule has 26 heteroatoms. The third kappa shape index (κ3) is 27.0. The monoisotopic (exact) mass is 1910 g/mol. The first-order chi connectivity index (χ1) is 63.1. The van der Waals surface area contributed by atoms with Gasteiger partial charge in [-0.05, 0) is 320 Å². The number of nitrogens with zero attached hydrogens (tertiary/aromatic N) is 7. The minimum Gasteiger partial charge on any atom is -0.480 e. The molecule has 9 saturated heterocycles. The molecule has 4 aromatic rings. The smallest absolute Gasteiger partial charge is 0.338 e. The van der Waals surface area contributed by atoms with Gasteiger partial charge in [0.15, 0.2) is 23.5 Å². The lowest BCUT2D eigenvalue weighted by molar-refractivity contribution is -0.416. The van der Waals surface area contributed by atoms with Crippen LogP contribution in [0.1, 0.15) is 354 Å². The molecule has 2 amide bonds. The van der Waals surface area contributed by atoms with Crippen molar-refractivity contribution < 1.29 is 81.4 Å². The number of likely N-dealkylation sites (tertiary alicyclic amines) is 1. The number of esters is 1. The molecule has 3 spiro atoms. The van der Waals surface area contributed by atoms with Gasteiger partial charge in [-0.2, -0.15) is 25.3 Å². The summed E-state index contributed by atoms with van der Waals surface area (Å²) in [5.74, 6) is -0.333. The summed E-state index contributed by atoms with van der Waals surface area (Å²) in [6.45, 7) is 69.4. The molecule has 0 saturated carbocycles. The summed E-state index contributed by atoms with van der Waals surface area (Å²) in [5.41, 5.74) is 1.03. The van der Waals surface area contributed by atoms with E-state index in [0.717, 1.165) is 93.3 Å². The summed E-state index contributed by atoms with van der Waals surface area (Å²) >= 11 is 0. The van der Waals surface area contributed by atoms with Crippen molar-refractivity contribution in [3.05, 3.63) is 131 Å². The lowest BCUT2D eigenvalue weighted by Crippen LogP contribution is -2.70. The van der Waals surface area contributed by atoms with Crippen LogP contribution in [0.2, 0.25) is 0 Å². The van der Waals surface area contributed by atoms with E-state index in [0.29, 0.717) is 82.7 Å². The summed E-state index contributed by atoms with van der Waals surface area (Å²) in [6.07, 6.45) is 12.4. The van der Waals surface area contributed by atoms with Gasteiger partial charge in [0.1, 0.15) is 23.4 Å². The molecule has 9 aliphatic heterocycles. The highest BCUT2D eigenvalue weighted by Gasteiger charge is 2.63. The van der Waals surface area contributed by atoms with E-state index in [1.807, 2.05) is 77.7 Å². The highest BCUT2D eigenvalue weighted by molar-refractivity contribution is 6.00. The lowest BCUT2D eigenvalue weighted by Gasteiger charge is -2.61. The van der Waals surface area contributed by atoms with Crippen molar-refractivity contribution in [2.24, 2.45) is 17.3 Å². The third-order valence-electron chi connectivity index (χ3n) is 30.3. The van der Waals surface area contributed by atoms with Crippen LogP contribution >= 0.6 is 0 Å². The number of piperidine rings is 7. The summed E-state index contributed by atoms with van der Waals surface area (Å²) < 4.78 is 38.5. The van der Waals surface area contributed by atoms with Gasteiger partial charge in [0.2, 0.25) is 5.91 Å². The molecule has 0 aromatic heterocycles. The highest BCUT2D eigenvalue weighted by Crippen LogP contribution is 2.54. The number of aryl methyl sites for hydroxylation is 2. The Morgan fingerprint density at radius 3 is 1.23 bits per heavy atom. The molecule has 1 unspecified atom stereocenters. The fourth-order valence-corrected chi connectivity index (χ4v) is 26.3. The van der Waals surface area contributed by atoms with Crippen molar-refractivity contribution in [2.75, 3.05) is 61.9 Å². The zero-order chi connectivity index (χ0) is 102. The topological polar surface area (TPSA) is 243 Å². The van der Waals surface area contributed by atoms with E-state index in [1.165, 1.54) is 5.56 Å². The number of carbonyl (C=O) groups excluding carboxylic acids is 5. The van der Waals surface area contributed by atoms with E-state index < -0.39 is 17.7 Å². The number of benzene rings is 4. The van der Waals surface area contributed by atoms with Crippen LogP contribution in [-0.4, -0.2) is 240 Å². The number of nitrogens with one attached hydrogen (secondary N) is 2. The van der Waals surface area contributed by atoms with Gasteiger partial charge in [0.05, 0.1) is 90.0 Å². The summed E-state index contributed by atoms with van der Waals surface area (Å²) in [5, 5.41) is 18.8. The molecule has 770 valence electrons. The average molecular weight is 1910 g/mol. The fraction of sp³-hybridized carbons (Fsp3) is 0.739. The molecule has 26 nitrogen and oxygen atoms in total. The van der Waals surface area contributed by atoms with Crippen molar-refractivity contribution in [3.8, 4) is 11.5 Å². The number of amides is 2. The number of ether oxygens (including phenoxy) is 6. The SMILES string of the molecule is CC1(C)CC(OC(=O)c2ccc(C(=O)C3CC(C)(C)N(Oc4ccccc4)C(C)(C)C3)cc2)CC(C)(C)N1OCc1ccccc1.CCCCC(Oc1ccc(C)cc1C)C(=O)NC1CC(C)(C)N(OC)C(C)(C)C1.CON1C(C)(C)CC(C(=O)CC(=O)NC2CC(C)(C)N(C)C(C)(C)C2)CC1(C)C.CON1C(C)(C)CC2(CC1(C)C)OCC1(CO2)COC2(CC(C)(C)N(OC)C(C)(C)C2)OC1.